The van der Waals surface area contributed by atoms with Crippen molar-refractivity contribution in [3.05, 3.63) is 54.1 Å². The van der Waals surface area contributed by atoms with Crippen molar-refractivity contribution < 1.29 is 28.9 Å². The fourth-order valence-electron chi connectivity index (χ4n) is 5.59. The Morgan fingerprint density at radius 1 is 1.22 bits per heavy atom. The molecule has 32 heavy (non-hydrogen) atoms. The monoisotopic (exact) mass is 438 g/mol. The first-order valence-electron chi connectivity index (χ1n) is 10.8. The second-order valence-corrected chi connectivity index (χ2v) is 8.46. The minimum atomic E-state index is -1.29. The number of ether oxygens (including phenoxy) is 3. The van der Waals surface area contributed by atoms with Gasteiger partial charge in [0.1, 0.15) is 17.0 Å². The summed E-state index contributed by atoms with van der Waals surface area (Å²) in [6.45, 7) is 3.94. The van der Waals surface area contributed by atoms with E-state index >= 15 is 0 Å². The van der Waals surface area contributed by atoms with Crippen molar-refractivity contribution >= 4 is 17.6 Å². The zero-order valence-electron chi connectivity index (χ0n) is 18.2. The topological polar surface area (TPSA) is 88.5 Å². The van der Waals surface area contributed by atoms with Crippen LogP contribution in [-0.4, -0.2) is 54.1 Å². The number of rotatable bonds is 4. The predicted molar refractivity (Wildman–Crippen MR) is 115 cm³/mol. The van der Waals surface area contributed by atoms with Gasteiger partial charge in [-0.15, -0.1) is 0 Å². The Morgan fingerprint density at radius 2 is 1.94 bits per heavy atom. The molecule has 0 radical (unpaired) electrons. The van der Waals surface area contributed by atoms with Gasteiger partial charge >= 0.3 is 5.97 Å². The third-order valence-corrected chi connectivity index (χ3v) is 6.97. The summed E-state index contributed by atoms with van der Waals surface area (Å²) in [5.74, 6) is -0.572. The lowest BCUT2D eigenvalue weighted by Crippen LogP contribution is -2.51. The van der Waals surface area contributed by atoms with Gasteiger partial charge in [0.15, 0.2) is 6.35 Å². The number of para-hydroxylation sites is 1. The lowest BCUT2D eigenvalue weighted by molar-refractivity contribution is -0.155. The molecule has 5 atom stereocenters. The minimum Gasteiger partial charge on any atom is -0.497 e. The number of amides is 1. The Hall–Kier alpha value is -3.10. The van der Waals surface area contributed by atoms with Crippen LogP contribution in [-0.2, 0) is 14.3 Å². The smallest absolute Gasteiger partial charge is 0.311 e. The Balaban J connectivity index is 1.64. The van der Waals surface area contributed by atoms with Crippen LogP contribution in [0.2, 0.25) is 0 Å². The first-order valence-corrected chi connectivity index (χ1v) is 10.8. The number of benzene rings is 2. The van der Waals surface area contributed by atoms with E-state index in [9.17, 15) is 14.7 Å². The van der Waals surface area contributed by atoms with E-state index < -0.39 is 23.8 Å². The number of hydrogen-bond acceptors (Lipinski definition) is 7. The van der Waals surface area contributed by atoms with Gasteiger partial charge in [0.25, 0.3) is 5.91 Å². The molecule has 8 nitrogen and oxygen atoms in total. The number of aliphatic hydroxyl groups excluding tert-OH is 1. The van der Waals surface area contributed by atoms with Crippen molar-refractivity contribution in [3.63, 3.8) is 0 Å². The minimum absolute atomic E-state index is 0.208. The number of fused-ring (bicyclic) bond motifs is 5. The van der Waals surface area contributed by atoms with Crippen molar-refractivity contribution in [1.29, 1.82) is 0 Å². The number of hydrogen-bond donors (Lipinski definition) is 1. The molecule has 8 heteroatoms. The second-order valence-electron chi connectivity index (χ2n) is 8.46. The predicted octanol–water partition coefficient (Wildman–Crippen LogP) is 2.32. The zero-order chi connectivity index (χ0) is 22.6. The molecule has 5 rings (SSSR count). The molecule has 0 aliphatic carbocycles. The van der Waals surface area contributed by atoms with E-state index in [1.54, 1.807) is 50.1 Å². The van der Waals surface area contributed by atoms with Crippen molar-refractivity contribution in [2.75, 3.05) is 25.2 Å². The van der Waals surface area contributed by atoms with E-state index in [0.717, 1.165) is 5.56 Å². The summed E-state index contributed by atoms with van der Waals surface area (Å²) in [6, 6.07) is 14.1. The lowest BCUT2D eigenvalue weighted by Gasteiger charge is -2.36. The summed E-state index contributed by atoms with van der Waals surface area (Å²) in [4.78, 5) is 30.2. The summed E-state index contributed by atoms with van der Waals surface area (Å²) >= 11 is 0. The van der Waals surface area contributed by atoms with Crippen LogP contribution in [0, 0.1) is 11.8 Å². The quantitative estimate of drug-likeness (QED) is 0.733. The SMILES string of the molecule is CCOC(=O)C1C2COc3ccccc3C2N2C(O)N(c3ccc(OC)cc3)C(=O)C12C. The van der Waals surface area contributed by atoms with Gasteiger partial charge in [-0.2, -0.15) is 0 Å². The molecule has 3 aliphatic rings. The van der Waals surface area contributed by atoms with Gasteiger partial charge in [0.05, 0.1) is 32.3 Å². The average Bonchev–Trinajstić information content (AvgIpc) is 3.19. The van der Waals surface area contributed by atoms with Crippen molar-refractivity contribution in [3.8, 4) is 11.5 Å². The van der Waals surface area contributed by atoms with Crippen molar-refractivity contribution in [1.82, 2.24) is 4.90 Å². The lowest BCUT2D eigenvalue weighted by atomic mass is 9.77. The normalized spacial score (nSPS) is 30.9. The highest BCUT2D eigenvalue weighted by Gasteiger charge is 2.72. The van der Waals surface area contributed by atoms with Crippen LogP contribution in [0.15, 0.2) is 48.5 Å². The van der Waals surface area contributed by atoms with E-state index in [1.165, 1.54) is 4.90 Å². The maximum Gasteiger partial charge on any atom is 0.311 e. The number of carbonyl (C=O) groups excluding carboxylic acids is 2. The fraction of sp³-hybridized carbons (Fsp3) is 0.417. The Bertz CT molecular complexity index is 1060. The molecule has 168 valence electrons. The number of methoxy groups -OCH3 is 1. The highest BCUT2D eigenvalue weighted by molar-refractivity contribution is 6.06. The highest BCUT2D eigenvalue weighted by atomic mass is 16.5. The molecule has 2 saturated heterocycles. The standard InChI is InChI=1S/C24H26N2O6/c1-4-31-21(27)19-17-13-32-18-8-6-5-7-16(18)20(17)26-23(29)25(22(28)24(19,26)2)14-9-11-15(30-3)12-10-14/h5-12,17,19-20,23,29H,4,13H2,1-3H3. The number of nitrogens with zero attached hydrogens (tertiary/aromatic N) is 2. The van der Waals surface area contributed by atoms with Crippen LogP contribution in [0.5, 0.6) is 11.5 Å². The molecule has 3 aliphatic heterocycles. The van der Waals surface area contributed by atoms with E-state index in [-0.39, 0.29) is 31.1 Å². The second kappa shape index (κ2) is 7.50. The molecule has 5 unspecified atom stereocenters. The Kier molecular flexibility index (Phi) is 4.87. The van der Waals surface area contributed by atoms with Gasteiger partial charge in [0.2, 0.25) is 0 Å². The zero-order valence-corrected chi connectivity index (χ0v) is 18.2. The molecule has 0 spiro atoms. The summed E-state index contributed by atoms with van der Waals surface area (Å²) in [6.07, 6.45) is -1.25. The van der Waals surface area contributed by atoms with Crippen molar-refractivity contribution in [2.24, 2.45) is 11.8 Å². The van der Waals surface area contributed by atoms with Crippen LogP contribution in [0.1, 0.15) is 25.5 Å². The molecule has 1 N–H and O–H groups in total. The number of esters is 1. The van der Waals surface area contributed by atoms with Gasteiger partial charge in [-0.05, 0) is 44.2 Å². The molecule has 0 bridgehead atoms. The summed E-state index contributed by atoms with van der Waals surface area (Å²) in [5, 5.41) is 11.5. The van der Waals surface area contributed by atoms with Gasteiger partial charge < -0.3 is 19.3 Å². The van der Waals surface area contributed by atoms with E-state index in [2.05, 4.69) is 0 Å². The molecule has 1 amide bonds. The van der Waals surface area contributed by atoms with Gasteiger partial charge in [-0.1, -0.05) is 18.2 Å². The fourth-order valence-corrected chi connectivity index (χ4v) is 5.59. The largest absolute Gasteiger partial charge is 0.497 e. The van der Waals surface area contributed by atoms with E-state index in [4.69, 9.17) is 14.2 Å². The van der Waals surface area contributed by atoms with E-state index in [1.807, 2.05) is 24.3 Å². The first kappa shape index (κ1) is 20.8. The van der Waals surface area contributed by atoms with Crippen LogP contribution in [0.3, 0.4) is 0 Å². The van der Waals surface area contributed by atoms with Gasteiger partial charge in [-0.25, -0.2) is 4.90 Å². The van der Waals surface area contributed by atoms with Crippen LogP contribution in [0.25, 0.3) is 0 Å². The van der Waals surface area contributed by atoms with E-state index in [0.29, 0.717) is 17.2 Å². The Morgan fingerprint density at radius 3 is 2.62 bits per heavy atom. The van der Waals surface area contributed by atoms with Crippen LogP contribution < -0.4 is 14.4 Å². The molecule has 2 fully saturated rings. The third-order valence-electron chi connectivity index (χ3n) is 6.97. The van der Waals surface area contributed by atoms with Gasteiger partial charge in [-0.3, -0.25) is 14.5 Å². The molecule has 2 aromatic carbocycles. The van der Waals surface area contributed by atoms with Crippen LogP contribution >= 0.6 is 0 Å². The third kappa shape index (κ3) is 2.69. The Labute approximate surface area is 186 Å². The van der Waals surface area contributed by atoms with Gasteiger partial charge in [0, 0.05) is 17.2 Å². The maximum atomic E-state index is 13.9. The number of anilines is 1. The molecule has 3 heterocycles. The maximum absolute atomic E-state index is 13.9. The molecular formula is C24H26N2O6. The molecule has 0 saturated carbocycles. The number of carbonyl (C=O) groups is 2. The molecule has 2 aromatic rings. The summed E-state index contributed by atoms with van der Waals surface area (Å²) in [7, 11) is 1.56. The summed E-state index contributed by atoms with van der Waals surface area (Å²) in [5.41, 5.74) is 0.0884. The average molecular weight is 438 g/mol. The molecule has 0 aromatic heterocycles. The molecular weight excluding hydrogens is 412 g/mol. The first-order chi connectivity index (χ1) is 15.4. The van der Waals surface area contributed by atoms with Crippen molar-refractivity contribution in [2.45, 2.75) is 31.8 Å². The highest BCUT2D eigenvalue weighted by Crippen LogP contribution is 2.59. The number of aliphatic hydroxyl groups is 1. The summed E-state index contributed by atoms with van der Waals surface area (Å²) < 4.78 is 16.6. The van der Waals surface area contributed by atoms with Crippen LogP contribution in [0.4, 0.5) is 5.69 Å².